The first kappa shape index (κ1) is 13.1. The number of nitrogens with one attached hydrogen (secondary N) is 2. The molecule has 1 fully saturated rings. The van der Waals surface area contributed by atoms with Crippen molar-refractivity contribution in [1.82, 2.24) is 10.6 Å². The summed E-state index contributed by atoms with van der Waals surface area (Å²) in [5, 5.41) is 8.64. The highest BCUT2D eigenvalue weighted by Gasteiger charge is 2.23. The van der Waals surface area contributed by atoms with Gasteiger partial charge < -0.3 is 10.6 Å². The lowest BCUT2D eigenvalue weighted by molar-refractivity contribution is 0.0917. The van der Waals surface area contributed by atoms with Crippen LogP contribution in [0.25, 0.3) is 10.8 Å². The second kappa shape index (κ2) is 5.63. The second-order valence-corrected chi connectivity index (χ2v) is 5.58. The van der Waals surface area contributed by atoms with E-state index in [0.717, 1.165) is 35.8 Å². The van der Waals surface area contributed by atoms with Crippen LogP contribution in [-0.2, 0) is 0 Å². The Labute approximate surface area is 119 Å². The Kier molecular flexibility index (Phi) is 3.70. The summed E-state index contributed by atoms with van der Waals surface area (Å²) in [6.45, 7) is 4.11. The molecular formula is C17H20N2O. The summed E-state index contributed by atoms with van der Waals surface area (Å²) in [6, 6.07) is 14.1. The number of benzene rings is 2. The first-order valence-electron chi connectivity index (χ1n) is 7.25. The van der Waals surface area contributed by atoms with Gasteiger partial charge in [-0.1, -0.05) is 43.3 Å². The molecule has 0 aromatic heterocycles. The van der Waals surface area contributed by atoms with Crippen LogP contribution in [0.3, 0.4) is 0 Å². The van der Waals surface area contributed by atoms with Crippen LogP contribution in [0.1, 0.15) is 23.7 Å². The lowest BCUT2D eigenvalue weighted by Gasteiger charge is -2.30. The maximum atomic E-state index is 12.5. The molecule has 0 saturated carbocycles. The summed E-state index contributed by atoms with van der Waals surface area (Å²) in [5.41, 5.74) is 0.765. The first-order valence-corrected chi connectivity index (χ1v) is 7.25. The van der Waals surface area contributed by atoms with Crippen LogP contribution >= 0.6 is 0 Å². The van der Waals surface area contributed by atoms with Gasteiger partial charge in [0.05, 0.1) is 0 Å². The number of piperidine rings is 1. The summed E-state index contributed by atoms with van der Waals surface area (Å²) < 4.78 is 0. The van der Waals surface area contributed by atoms with Crippen molar-refractivity contribution in [3.8, 4) is 0 Å². The lowest BCUT2D eigenvalue weighted by Crippen LogP contribution is -2.50. The summed E-state index contributed by atoms with van der Waals surface area (Å²) in [5.74, 6) is 0.553. The molecule has 3 rings (SSSR count). The fourth-order valence-electron chi connectivity index (χ4n) is 2.85. The molecule has 1 saturated heterocycles. The summed E-state index contributed by atoms with van der Waals surface area (Å²) >= 11 is 0. The van der Waals surface area contributed by atoms with Gasteiger partial charge in [0.2, 0.25) is 0 Å². The Morgan fingerprint density at radius 3 is 2.85 bits per heavy atom. The predicted molar refractivity (Wildman–Crippen MR) is 81.9 cm³/mol. The Morgan fingerprint density at radius 2 is 2.00 bits per heavy atom. The third-order valence-electron chi connectivity index (χ3n) is 4.18. The molecular weight excluding hydrogens is 248 g/mol. The van der Waals surface area contributed by atoms with Crippen molar-refractivity contribution < 1.29 is 4.79 Å². The molecule has 1 amide bonds. The number of rotatable bonds is 2. The van der Waals surface area contributed by atoms with Crippen molar-refractivity contribution in [2.24, 2.45) is 5.92 Å². The SMILES string of the molecule is CC1CCNCC1NC(=O)c1cccc2ccccc12. The number of fused-ring (bicyclic) bond motifs is 1. The van der Waals surface area contributed by atoms with Crippen molar-refractivity contribution in [2.75, 3.05) is 13.1 Å². The molecule has 0 radical (unpaired) electrons. The molecule has 2 N–H and O–H groups in total. The molecule has 2 aromatic carbocycles. The van der Waals surface area contributed by atoms with Gasteiger partial charge >= 0.3 is 0 Å². The van der Waals surface area contributed by atoms with E-state index in [1.807, 2.05) is 42.5 Å². The van der Waals surface area contributed by atoms with Crippen LogP contribution in [-0.4, -0.2) is 25.0 Å². The van der Waals surface area contributed by atoms with E-state index in [0.29, 0.717) is 5.92 Å². The van der Waals surface area contributed by atoms with E-state index in [2.05, 4.69) is 17.6 Å². The summed E-state index contributed by atoms with van der Waals surface area (Å²) in [4.78, 5) is 12.5. The fourth-order valence-corrected chi connectivity index (χ4v) is 2.85. The Balaban J connectivity index is 1.85. The van der Waals surface area contributed by atoms with E-state index < -0.39 is 0 Å². The van der Waals surface area contributed by atoms with Gasteiger partial charge in [-0.3, -0.25) is 4.79 Å². The lowest BCUT2D eigenvalue weighted by atomic mass is 9.94. The minimum absolute atomic E-state index is 0.0300. The molecule has 0 bridgehead atoms. The van der Waals surface area contributed by atoms with E-state index in [1.165, 1.54) is 0 Å². The number of amides is 1. The zero-order valence-corrected chi connectivity index (χ0v) is 11.7. The largest absolute Gasteiger partial charge is 0.348 e. The van der Waals surface area contributed by atoms with Crippen molar-refractivity contribution >= 4 is 16.7 Å². The average molecular weight is 268 g/mol. The summed E-state index contributed by atoms with van der Waals surface area (Å²) in [6.07, 6.45) is 1.11. The van der Waals surface area contributed by atoms with Crippen LogP contribution in [0.2, 0.25) is 0 Å². The van der Waals surface area contributed by atoms with E-state index in [1.54, 1.807) is 0 Å². The van der Waals surface area contributed by atoms with Gasteiger partial charge in [-0.2, -0.15) is 0 Å². The fraction of sp³-hybridized carbons (Fsp3) is 0.353. The number of carbonyl (C=O) groups excluding carboxylic acids is 1. The Hall–Kier alpha value is -1.87. The molecule has 1 heterocycles. The topological polar surface area (TPSA) is 41.1 Å². The third-order valence-corrected chi connectivity index (χ3v) is 4.18. The molecule has 3 nitrogen and oxygen atoms in total. The van der Waals surface area contributed by atoms with Crippen LogP contribution in [0.4, 0.5) is 0 Å². The highest BCUT2D eigenvalue weighted by molar-refractivity contribution is 6.07. The van der Waals surface area contributed by atoms with Crippen molar-refractivity contribution in [2.45, 2.75) is 19.4 Å². The molecule has 2 unspecified atom stereocenters. The number of hydrogen-bond acceptors (Lipinski definition) is 2. The van der Waals surface area contributed by atoms with Gasteiger partial charge in [-0.05, 0) is 35.7 Å². The van der Waals surface area contributed by atoms with Crippen LogP contribution in [0, 0.1) is 5.92 Å². The molecule has 2 aromatic rings. The maximum Gasteiger partial charge on any atom is 0.252 e. The monoisotopic (exact) mass is 268 g/mol. The van der Waals surface area contributed by atoms with Gasteiger partial charge in [0.25, 0.3) is 5.91 Å². The normalized spacial score (nSPS) is 22.6. The quantitative estimate of drug-likeness (QED) is 0.879. The van der Waals surface area contributed by atoms with Gasteiger partial charge in [-0.25, -0.2) is 0 Å². The molecule has 20 heavy (non-hydrogen) atoms. The third kappa shape index (κ3) is 2.54. The molecule has 3 heteroatoms. The molecule has 1 aliphatic heterocycles. The Morgan fingerprint density at radius 1 is 1.20 bits per heavy atom. The van der Waals surface area contributed by atoms with Crippen molar-refractivity contribution in [1.29, 1.82) is 0 Å². The van der Waals surface area contributed by atoms with Gasteiger partial charge in [0, 0.05) is 18.2 Å². The minimum atomic E-state index is 0.0300. The standard InChI is InChI=1S/C17H20N2O/c1-12-9-10-18-11-16(12)19-17(20)15-8-4-6-13-5-2-3-7-14(13)15/h2-8,12,16,18H,9-11H2,1H3,(H,19,20). The van der Waals surface area contributed by atoms with Gasteiger partial charge in [0.15, 0.2) is 0 Å². The minimum Gasteiger partial charge on any atom is -0.348 e. The van der Waals surface area contributed by atoms with E-state index >= 15 is 0 Å². The zero-order chi connectivity index (χ0) is 13.9. The number of carbonyl (C=O) groups is 1. The maximum absolute atomic E-state index is 12.5. The van der Waals surface area contributed by atoms with Crippen LogP contribution in [0.5, 0.6) is 0 Å². The van der Waals surface area contributed by atoms with Crippen molar-refractivity contribution in [3.05, 3.63) is 48.0 Å². The highest BCUT2D eigenvalue weighted by Crippen LogP contribution is 2.19. The summed E-state index contributed by atoms with van der Waals surface area (Å²) in [7, 11) is 0. The van der Waals surface area contributed by atoms with Crippen LogP contribution < -0.4 is 10.6 Å². The van der Waals surface area contributed by atoms with Crippen molar-refractivity contribution in [3.63, 3.8) is 0 Å². The molecule has 0 aliphatic carbocycles. The van der Waals surface area contributed by atoms with E-state index in [-0.39, 0.29) is 11.9 Å². The molecule has 1 aliphatic rings. The van der Waals surface area contributed by atoms with E-state index in [9.17, 15) is 4.79 Å². The zero-order valence-electron chi connectivity index (χ0n) is 11.7. The average Bonchev–Trinajstić information content (AvgIpc) is 2.49. The van der Waals surface area contributed by atoms with Gasteiger partial charge in [0.1, 0.15) is 0 Å². The van der Waals surface area contributed by atoms with E-state index in [4.69, 9.17) is 0 Å². The Bertz CT molecular complexity index is 618. The second-order valence-electron chi connectivity index (χ2n) is 5.58. The smallest absolute Gasteiger partial charge is 0.252 e. The molecule has 0 spiro atoms. The first-order chi connectivity index (χ1) is 9.75. The molecule has 2 atom stereocenters. The van der Waals surface area contributed by atoms with Crippen LogP contribution in [0.15, 0.2) is 42.5 Å². The van der Waals surface area contributed by atoms with Gasteiger partial charge in [-0.15, -0.1) is 0 Å². The predicted octanol–water partition coefficient (Wildman–Crippen LogP) is 2.57. The molecule has 104 valence electrons. The highest BCUT2D eigenvalue weighted by atomic mass is 16.1. The number of hydrogen-bond donors (Lipinski definition) is 2.